The Morgan fingerprint density at radius 1 is 1.05 bits per heavy atom. The first-order valence-corrected chi connectivity index (χ1v) is 9.04. The number of sulfonamides is 1. The molecule has 0 radical (unpaired) electrons. The van der Waals surface area contributed by atoms with Crippen LogP contribution >= 0.6 is 0 Å². The molecule has 0 aromatic carbocycles. The summed E-state index contributed by atoms with van der Waals surface area (Å²) in [5.41, 5.74) is 0. The Hall–Kier alpha value is -0.170. The summed E-state index contributed by atoms with van der Waals surface area (Å²) in [7, 11) is -3.16. The van der Waals surface area contributed by atoms with Crippen molar-refractivity contribution in [3.63, 3.8) is 0 Å². The molecule has 0 bridgehead atoms. The van der Waals surface area contributed by atoms with Crippen molar-refractivity contribution < 1.29 is 13.2 Å². The highest BCUT2D eigenvalue weighted by Crippen LogP contribution is 2.20. The van der Waals surface area contributed by atoms with E-state index >= 15 is 0 Å². The first-order valence-electron chi connectivity index (χ1n) is 7.49. The van der Waals surface area contributed by atoms with Crippen molar-refractivity contribution in [1.29, 1.82) is 0 Å². The lowest BCUT2D eigenvalue weighted by atomic mass is 9.98. The van der Waals surface area contributed by atoms with Crippen LogP contribution < -0.4 is 10.0 Å². The van der Waals surface area contributed by atoms with E-state index < -0.39 is 10.0 Å². The minimum absolute atomic E-state index is 0.233. The molecular weight excluding hydrogens is 264 g/mol. The lowest BCUT2D eigenvalue weighted by Gasteiger charge is -2.24. The van der Waals surface area contributed by atoms with E-state index in [9.17, 15) is 8.42 Å². The number of nitrogens with one attached hydrogen (secondary N) is 2. The average Bonchev–Trinajstić information content (AvgIpc) is 2.46. The van der Waals surface area contributed by atoms with Gasteiger partial charge in [0.1, 0.15) is 0 Å². The standard InChI is InChI=1S/C13H26N2O3S/c16-19(17,13-6-8-14-9-7-13)15-10-11-18-12-4-2-1-3-5-12/h12-15H,1-11H2. The second kappa shape index (κ2) is 7.57. The third-order valence-electron chi connectivity index (χ3n) is 4.04. The van der Waals surface area contributed by atoms with Gasteiger partial charge >= 0.3 is 0 Å². The third-order valence-corrected chi connectivity index (χ3v) is 5.99. The molecule has 112 valence electrons. The Labute approximate surface area is 116 Å². The first kappa shape index (κ1) is 15.2. The van der Waals surface area contributed by atoms with Crippen molar-refractivity contribution in [2.45, 2.75) is 56.3 Å². The van der Waals surface area contributed by atoms with Crippen LogP contribution in [0.5, 0.6) is 0 Å². The highest BCUT2D eigenvalue weighted by atomic mass is 32.2. The van der Waals surface area contributed by atoms with Gasteiger partial charge in [-0.1, -0.05) is 19.3 Å². The Kier molecular flexibility index (Phi) is 6.06. The SMILES string of the molecule is O=S(=O)(NCCOC1CCCCC1)C1CCNCC1. The van der Waals surface area contributed by atoms with Crippen molar-refractivity contribution in [2.75, 3.05) is 26.2 Å². The van der Waals surface area contributed by atoms with Gasteiger partial charge in [0.15, 0.2) is 0 Å². The summed E-state index contributed by atoms with van der Waals surface area (Å²) in [6.45, 7) is 2.49. The Bertz CT molecular complexity index is 347. The number of piperidine rings is 1. The van der Waals surface area contributed by atoms with E-state index in [0.29, 0.717) is 32.1 Å². The van der Waals surface area contributed by atoms with Gasteiger partial charge in [0, 0.05) is 6.54 Å². The predicted molar refractivity (Wildman–Crippen MR) is 75.6 cm³/mol. The second-order valence-electron chi connectivity index (χ2n) is 5.52. The molecule has 2 rings (SSSR count). The number of ether oxygens (including phenoxy) is 1. The zero-order chi connectivity index (χ0) is 13.6. The Balaban J connectivity index is 1.63. The van der Waals surface area contributed by atoms with Crippen LogP contribution in [0.15, 0.2) is 0 Å². The lowest BCUT2D eigenvalue weighted by Crippen LogP contribution is -2.42. The van der Waals surface area contributed by atoms with Crippen molar-refractivity contribution >= 4 is 10.0 Å². The molecule has 0 atom stereocenters. The first-order chi connectivity index (χ1) is 9.18. The molecule has 1 aliphatic carbocycles. The van der Waals surface area contributed by atoms with Crippen LogP contribution in [-0.2, 0) is 14.8 Å². The van der Waals surface area contributed by atoms with Crippen LogP contribution in [0.4, 0.5) is 0 Å². The molecular formula is C13H26N2O3S. The number of rotatable bonds is 6. The molecule has 1 saturated carbocycles. The Morgan fingerprint density at radius 3 is 2.42 bits per heavy atom. The van der Waals surface area contributed by atoms with Gasteiger partial charge < -0.3 is 10.1 Å². The van der Waals surface area contributed by atoms with Crippen LogP contribution in [-0.4, -0.2) is 46.0 Å². The molecule has 19 heavy (non-hydrogen) atoms. The fourth-order valence-corrected chi connectivity index (χ4v) is 4.32. The van der Waals surface area contributed by atoms with Crippen molar-refractivity contribution in [3.8, 4) is 0 Å². The third kappa shape index (κ3) is 5.02. The van der Waals surface area contributed by atoms with Gasteiger partial charge in [-0.25, -0.2) is 13.1 Å². The van der Waals surface area contributed by atoms with Crippen LogP contribution in [0.3, 0.4) is 0 Å². The molecule has 1 aliphatic heterocycles. The fourth-order valence-electron chi connectivity index (χ4n) is 2.86. The average molecular weight is 290 g/mol. The van der Waals surface area contributed by atoms with E-state index in [1.54, 1.807) is 0 Å². The maximum absolute atomic E-state index is 12.0. The summed E-state index contributed by atoms with van der Waals surface area (Å²) >= 11 is 0. The van der Waals surface area contributed by atoms with Gasteiger partial charge in [-0.2, -0.15) is 0 Å². The maximum Gasteiger partial charge on any atom is 0.214 e. The summed E-state index contributed by atoms with van der Waals surface area (Å²) in [4.78, 5) is 0. The fraction of sp³-hybridized carbons (Fsp3) is 1.00. The highest BCUT2D eigenvalue weighted by Gasteiger charge is 2.26. The maximum atomic E-state index is 12.0. The molecule has 5 nitrogen and oxygen atoms in total. The van der Waals surface area contributed by atoms with E-state index in [2.05, 4.69) is 10.0 Å². The molecule has 0 unspecified atom stereocenters. The van der Waals surface area contributed by atoms with Crippen LogP contribution in [0.25, 0.3) is 0 Å². The molecule has 6 heteroatoms. The van der Waals surface area contributed by atoms with Gasteiger partial charge in [-0.3, -0.25) is 0 Å². The van der Waals surface area contributed by atoms with Gasteiger partial charge in [0.05, 0.1) is 18.0 Å². The zero-order valence-corrected chi connectivity index (χ0v) is 12.4. The number of hydrogen-bond acceptors (Lipinski definition) is 4. The topological polar surface area (TPSA) is 67.4 Å². The second-order valence-corrected chi connectivity index (χ2v) is 7.56. The van der Waals surface area contributed by atoms with E-state index in [4.69, 9.17) is 4.74 Å². The van der Waals surface area contributed by atoms with Gasteiger partial charge in [0.25, 0.3) is 0 Å². The predicted octanol–water partition coefficient (Wildman–Crippen LogP) is 1.01. The summed E-state index contributed by atoms with van der Waals surface area (Å²) in [6, 6.07) is 0. The molecule has 0 aromatic heterocycles. The van der Waals surface area contributed by atoms with Crippen molar-refractivity contribution in [3.05, 3.63) is 0 Å². The van der Waals surface area contributed by atoms with Crippen LogP contribution in [0.1, 0.15) is 44.9 Å². The molecule has 0 aromatic rings. The Morgan fingerprint density at radius 2 is 1.74 bits per heavy atom. The normalized spacial score (nSPS) is 23.6. The monoisotopic (exact) mass is 290 g/mol. The van der Waals surface area contributed by atoms with Crippen molar-refractivity contribution in [1.82, 2.24) is 10.0 Å². The zero-order valence-electron chi connectivity index (χ0n) is 11.6. The van der Waals surface area contributed by atoms with Gasteiger partial charge in [-0.05, 0) is 38.8 Å². The van der Waals surface area contributed by atoms with E-state index in [-0.39, 0.29) is 5.25 Å². The molecule has 0 spiro atoms. The largest absolute Gasteiger partial charge is 0.377 e. The van der Waals surface area contributed by atoms with E-state index in [0.717, 1.165) is 25.9 Å². The summed E-state index contributed by atoms with van der Waals surface area (Å²) in [6.07, 6.45) is 7.80. The van der Waals surface area contributed by atoms with Gasteiger partial charge in [-0.15, -0.1) is 0 Å². The van der Waals surface area contributed by atoms with E-state index in [1.165, 1.54) is 19.3 Å². The molecule has 2 aliphatic rings. The minimum Gasteiger partial charge on any atom is -0.377 e. The summed E-state index contributed by atoms with van der Waals surface area (Å²) in [5, 5.41) is 2.95. The van der Waals surface area contributed by atoms with Crippen molar-refractivity contribution in [2.24, 2.45) is 0 Å². The van der Waals surface area contributed by atoms with Gasteiger partial charge in [0.2, 0.25) is 10.0 Å². The molecule has 2 N–H and O–H groups in total. The lowest BCUT2D eigenvalue weighted by molar-refractivity contribution is 0.0320. The molecule has 2 fully saturated rings. The molecule has 0 amide bonds. The summed E-state index contributed by atoms with van der Waals surface area (Å²) < 4.78 is 32.5. The summed E-state index contributed by atoms with van der Waals surface area (Å²) in [5.74, 6) is 0. The molecule has 1 heterocycles. The molecule has 1 saturated heterocycles. The van der Waals surface area contributed by atoms with Crippen LogP contribution in [0, 0.1) is 0 Å². The highest BCUT2D eigenvalue weighted by molar-refractivity contribution is 7.90. The van der Waals surface area contributed by atoms with E-state index in [1.807, 2.05) is 0 Å². The minimum atomic E-state index is -3.16. The quantitative estimate of drug-likeness (QED) is 0.716. The smallest absolute Gasteiger partial charge is 0.214 e. The number of hydrogen-bond donors (Lipinski definition) is 2. The van der Waals surface area contributed by atoms with Crippen LogP contribution in [0.2, 0.25) is 0 Å².